The Labute approximate surface area is 369 Å². The summed E-state index contributed by atoms with van der Waals surface area (Å²) >= 11 is 1.84. The maximum atomic E-state index is 5.39. The largest absolute Gasteiger partial charge is 0.378 e. The average molecular weight is 825 g/mol. The first kappa shape index (κ1) is 55.7. The zero-order valence-corrected chi connectivity index (χ0v) is 42.6. The highest BCUT2D eigenvalue weighted by Crippen LogP contribution is 2.27. The van der Waals surface area contributed by atoms with Crippen LogP contribution in [0.4, 0.5) is 0 Å². The summed E-state index contributed by atoms with van der Waals surface area (Å²) in [4.78, 5) is 10.7. The van der Waals surface area contributed by atoms with Gasteiger partial charge in [-0.1, -0.05) is 122 Å². The van der Waals surface area contributed by atoms with Gasteiger partial charge in [0.1, 0.15) is 5.82 Å². The van der Waals surface area contributed by atoms with Crippen LogP contribution in [0.1, 0.15) is 160 Å². The van der Waals surface area contributed by atoms with E-state index in [4.69, 9.17) is 4.74 Å². The van der Waals surface area contributed by atoms with Crippen molar-refractivity contribution in [1.82, 2.24) is 9.97 Å². The fourth-order valence-corrected chi connectivity index (χ4v) is 7.41. The van der Waals surface area contributed by atoms with Crippen LogP contribution in [0.2, 0.25) is 0 Å². The second-order valence-electron chi connectivity index (χ2n) is 16.8. The van der Waals surface area contributed by atoms with E-state index in [2.05, 4.69) is 155 Å². The Morgan fingerprint density at radius 2 is 0.780 bits per heavy atom. The number of aromatic nitrogens is 2. The third kappa shape index (κ3) is 22.7. The van der Waals surface area contributed by atoms with E-state index in [0.29, 0.717) is 6.10 Å². The number of fused-ring (bicyclic) bond motifs is 1. The molecule has 0 radical (unpaired) electrons. The van der Waals surface area contributed by atoms with E-state index in [9.17, 15) is 0 Å². The number of rotatable bonds is 0. The molecular formula is C55H88N2OS. The van der Waals surface area contributed by atoms with E-state index < -0.39 is 0 Å². The van der Waals surface area contributed by atoms with Crippen LogP contribution in [-0.4, -0.2) is 22.7 Å². The molecule has 0 amide bonds. The lowest BCUT2D eigenvalue weighted by atomic mass is 9.84. The van der Waals surface area contributed by atoms with Crippen LogP contribution in [0, 0.1) is 101 Å². The summed E-state index contributed by atoms with van der Waals surface area (Å²) in [7, 11) is 0. The third-order valence-electron chi connectivity index (χ3n) is 11.3. The van der Waals surface area contributed by atoms with Gasteiger partial charge in [0.15, 0.2) is 0 Å². The van der Waals surface area contributed by atoms with Crippen LogP contribution in [0.15, 0.2) is 60.9 Å². The molecule has 59 heavy (non-hydrogen) atoms. The Kier molecular flexibility index (Phi) is 28.9. The van der Waals surface area contributed by atoms with Crippen LogP contribution in [0.5, 0.6) is 0 Å². The maximum absolute atomic E-state index is 5.39. The zero-order valence-electron chi connectivity index (χ0n) is 41.7. The van der Waals surface area contributed by atoms with Crippen molar-refractivity contribution in [3.8, 4) is 0 Å². The van der Waals surface area contributed by atoms with Gasteiger partial charge in [-0.05, 0) is 182 Å². The summed E-state index contributed by atoms with van der Waals surface area (Å²) in [6.45, 7) is 43.7. The van der Waals surface area contributed by atoms with Crippen LogP contribution >= 0.6 is 11.3 Å². The molecule has 3 heterocycles. The summed E-state index contributed by atoms with van der Waals surface area (Å²) in [5, 5.41) is 2.67. The molecule has 3 nitrogen and oxygen atoms in total. The monoisotopic (exact) mass is 825 g/mol. The molecule has 2 aromatic heterocycles. The molecule has 7 rings (SSSR count). The van der Waals surface area contributed by atoms with Crippen molar-refractivity contribution in [1.29, 1.82) is 0 Å². The van der Waals surface area contributed by atoms with Gasteiger partial charge >= 0.3 is 0 Å². The molecule has 0 bridgehead atoms. The predicted octanol–water partition coefficient (Wildman–Crippen LogP) is 17.2. The molecule has 2 unspecified atom stereocenters. The van der Waals surface area contributed by atoms with Crippen molar-refractivity contribution >= 4 is 22.1 Å². The van der Waals surface area contributed by atoms with E-state index in [1.54, 1.807) is 0 Å². The lowest BCUT2D eigenvalue weighted by Crippen LogP contribution is -2.21. The molecule has 2 aliphatic rings. The SMILES string of the molecule is CC.CC.CC1CCC(C)CC1.CC1CCC(C)OC1.Cc1c(C)c(C)c(C)c(C)c1C.Cc1ccc(C)s1.Cc1ccc2cc(C)ccc2c1.Cc1cnc(C)nc1. The van der Waals surface area contributed by atoms with Gasteiger partial charge in [0.25, 0.3) is 0 Å². The number of aryl methyl sites for hydroxylation is 6. The van der Waals surface area contributed by atoms with Gasteiger partial charge in [0.05, 0.1) is 6.10 Å². The molecule has 2 fully saturated rings. The molecule has 0 N–H and O–H groups in total. The summed E-state index contributed by atoms with van der Waals surface area (Å²) in [6, 6.07) is 17.4. The van der Waals surface area contributed by atoms with Gasteiger partial charge in [-0.15, -0.1) is 11.3 Å². The van der Waals surface area contributed by atoms with E-state index >= 15 is 0 Å². The zero-order chi connectivity index (χ0) is 45.2. The Bertz CT molecular complexity index is 1610. The van der Waals surface area contributed by atoms with Crippen molar-refractivity contribution in [2.45, 2.75) is 183 Å². The van der Waals surface area contributed by atoms with E-state index in [1.807, 2.05) is 65.3 Å². The first-order chi connectivity index (χ1) is 27.9. The number of nitrogens with zero attached hydrogens (tertiary/aromatic N) is 2. The normalized spacial score (nSPS) is 17.6. The number of thiophene rings is 1. The Hall–Kier alpha value is -3.34. The highest BCUT2D eigenvalue weighted by Gasteiger charge is 2.14. The second kappa shape index (κ2) is 30.6. The third-order valence-corrected chi connectivity index (χ3v) is 12.3. The Morgan fingerprint density at radius 3 is 1.03 bits per heavy atom. The van der Waals surface area contributed by atoms with E-state index in [-0.39, 0.29) is 0 Å². The first-order valence-electron chi connectivity index (χ1n) is 22.8. The smallest absolute Gasteiger partial charge is 0.125 e. The highest BCUT2D eigenvalue weighted by molar-refractivity contribution is 7.11. The summed E-state index contributed by atoms with van der Waals surface area (Å²) in [5.41, 5.74) is 12.5. The van der Waals surface area contributed by atoms with Gasteiger partial charge < -0.3 is 4.74 Å². The minimum absolute atomic E-state index is 0.520. The predicted molar refractivity (Wildman–Crippen MR) is 267 cm³/mol. The van der Waals surface area contributed by atoms with Crippen molar-refractivity contribution in [2.75, 3.05) is 6.61 Å². The van der Waals surface area contributed by atoms with Gasteiger partial charge in [-0.3, -0.25) is 0 Å². The van der Waals surface area contributed by atoms with Crippen molar-refractivity contribution in [3.63, 3.8) is 0 Å². The molecule has 2 atom stereocenters. The molecule has 1 saturated heterocycles. The number of hydrogen-bond donors (Lipinski definition) is 0. The fraction of sp³-hybridized carbons (Fsp3) is 0.564. The van der Waals surface area contributed by atoms with Crippen molar-refractivity contribution in [3.05, 3.63) is 127 Å². The van der Waals surface area contributed by atoms with Gasteiger partial charge in [-0.25, -0.2) is 9.97 Å². The fourth-order valence-electron chi connectivity index (χ4n) is 6.63. The van der Waals surface area contributed by atoms with Crippen molar-refractivity contribution < 1.29 is 4.74 Å². The minimum Gasteiger partial charge on any atom is -0.378 e. The molecule has 1 aliphatic heterocycles. The van der Waals surface area contributed by atoms with Gasteiger partial charge in [-0.2, -0.15) is 0 Å². The van der Waals surface area contributed by atoms with Crippen LogP contribution < -0.4 is 0 Å². The topological polar surface area (TPSA) is 35.0 Å². The molecule has 330 valence electrons. The lowest BCUT2D eigenvalue weighted by molar-refractivity contribution is 0.000266. The summed E-state index contributed by atoms with van der Waals surface area (Å²) in [6.07, 6.45) is 12.6. The van der Waals surface area contributed by atoms with Gasteiger partial charge in [0.2, 0.25) is 0 Å². The van der Waals surface area contributed by atoms with Crippen LogP contribution in [0.3, 0.4) is 0 Å². The van der Waals surface area contributed by atoms with E-state index in [1.165, 1.54) is 104 Å². The highest BCUT2D eigenvalue weighted by atomic mass is 32.1. The Morgan fingerprint density at radius 1 is 0.441 bits per heavy atom. The number of ether oxygens (including phenoxy) is 1. The molecule has 1 aliphatic carbocycles. The number of benzene rings is 3. The lowest BCUT2D eigenvalue weighted by Gasteiger charge is -2.23. The van der Waals surface area contributed by atoms with E-state index in [0.717, 1.165) is 35.7 Å². The molecule has 0 spiro atoms. The second-order valence-corrected chi connectivity index (χ2v) is 18.3. The quantitative estimate of drug-likeness (QED) is 0.156. The maximum Gasteiger partial charge on any atom is 0.125 e. The first-order valence-corrected chi connectivity index (χ1v) is 23.6. The minimum atomic E-state index is 0.520. The summed E-state index contributed by atoms with van der Waals surface area (Å²) in [5.74, 6) is 3.67. The molecule has 4 heteroatoms. The van der Waals surface area contributed by atoms with Crippen molar-refractivity contribution in [2.24, 2.45) is 17.8 Å². The summed E-state index contributed by atoms with van der Waals surface area (Å²) < 4.78 is 5.39. The standard InChI is InChI=1S/C12H12.C12H18.C8H16.C7H14O.C6H8N2.C6H8S.2C2H6/c1-9-3-5-12-8-10(2)4-6-11(12)7-9;1-7-8(2)10(4)12(6)11(5)9(7)3;1-7-3-5-8(2)6-4-7;1-6-3-4-7(2)8-5-6;1-5-3-7-6(2)8-4-5;1-5-3-4-6(2)7-5;2*1-2/h3-8H,1-2H3;1-6H3;7-8H,3-6H2,1-2H3;6-7H,3-5H2,1-2H3;3-4H,1-2H3;3-4H,1-2H3;2*1-2H3. The molecule has 5 aromatic rings. The molecule has 1 saturated carbocycles. The number of hydrogen-bond acceptors (Lipinski definition) is 4. The van der Waals surface area contributed by atoms with Crippen LogP contribution in [-0.2, 0) is 4.74 Å². The molecular weight excluding hydrogens is 737 g/mol. The van der Waals surface area contributed by atoms with Crippen LogP contribution in [0.25, 0.3) is 10.8 Å². The molecule has 3 aromatic carbocycles. The Balaban J connectivity index is 0.000000680. The van der Waals surface area contributed by atoms with Gasteiger partial charge in [0, 0.05) is 28.8 Å². The average Bonchev–Trinajstić information content (AvgIpc) is 3.63.